The SMILES string of the molecule is CCCC(C)N(C)/C=C\N. The smallest absolute Gasteiger partial charge is 0.0253 e. The third kappa shape index (κ3) is 3.38. The van der Waals surface area contributed by atoms with E-state index in [9.17, 15) is 0 Å². The Balaban J connectivity index is 3.58. The van der Waals surface area contributed by atoms with Crippen LogP contribution in [-0.2, 0) is 0 Å². The number of hydrogen-bond acceptors (Lipinski definition) is 2. The van der Waals surface area contributed by atoms with Crippen molar-refractivity contribution in [3.63, 3.8) is 0 Å². The maximum atomic E-state index is 5.24. The third-order valence-electron chi connectivity index (χ3n) is 1.72. The molecule has 1 atom stereocenters. The van der Waals surface area contributed by atoms with Crippen molar-refractivity contribution in [3.05, 3.63) is 12.4 Å². The van der Waals surface area contributed by atoms with Gasteiger partial charge < -0.3 is 10.6 Å². The summed E-state index contributed by atoms with van der Waals surface area (Å²) in [5.41, 5.74) is 5.24. The highest BCUT2D eigenvalue weighted by Crippen LogP contribution is 2.02. The lowest BCUT2D eigenvalue weighted by Gasteiger charge is -2.21. The van der Waals surface area contributed by atoms with Gasteiger partial charge in [-0.05, 0) is 13.3 Å². The molecule has 0 aliphatic rings. The summed E-state index contributed by atoms with van der Waals surface area (Å²) in [6.45, 7) is 4.39. The maximum absolute atomic E-state index is 5.24. The molecule has 0 bridgehead atoms. The molecule has 0 aliphatic carbocycles. The quantitative estimate of drug-likeness (QED) is 0.645. The average molecular weight is 142 g/mol. The average Bonchev–Trinajstić information content (AvgIpc) is 1.89. The Labute approximate surface area is 63.7 Å². The van der Waals surface area contributed by atoms with Gasteiger partial charge in [0.1, 0.15) is 0 Å². The first-order valence-corrected chi connectivity index (χ1v) is 3.82. The second-order valence-corrected chi connectivity index (χ2v) is 2.64. The third-order valence-corrected chi connectivity index (χ3v) is 1.72. The summed E-state index contributed by atoms with van der Waals surface area (Å²) in [5.74, 6) is 0. The van der Waals surface area contributed by atoms with E-state index in [1.165, 1.54) is 12.8 Å². The normalized spacial score (nSPS) is 13.9. The fraction of sp³-hybridized carbons (Fsp3) is 0.750. The lowest BCUT2D eigenvalue weighted by molar-refractivity contribution is 0.331. The Bertz CT molecular complexity index is 99.4. The van der Waals surface area contributed by atoms with E-state index >= 15 is 0 Å². The summed E-state index contributed by atoms with van der Waals surface area (Å²) in [7, 11) is 2.05. The molecule has 0 aromatic heterocycles. The fourth-order valence-corrected chi connectivity index (χ4v) is 0.904. The zero-order chi connectivity index (χ0) is 7.98. The molecule has 2 nitrogen and oxygen atoms in total. The van der Waals surface area contributed by atoms with Gasteiger partial charge in [0.05, 0.1) is 0 Å². The summed E-state index contributed by atoms with van der Waals surface area (Å²) in [6, 6.07) is 0.602. The monoisotopic (exact) mass is 142 g/mol. The van der Waals surface area contributed by atoms with Crippen LogP contribution in [0.5, 0.6) is 0 Å². The Morgan fingerprint density at radius 1 is 1.60 bits per heavy atom. The minimum absolute atomic E-state index is 0.602. The summed E-state index contributed by atoms with van der Waals surface area (Å²) in [5, 5.41) is 0. The molecule has 0 saturated heterocycles. The van der Waals surface area contributed by atoms with Gasteiger partial charge in [0.15, 0.2) is 0 Å². The molecular formula is C8H18N2. The molecule has 2 N–H and O–H groups in total. The molecule has 1 unspecified atom stereocenters. The first-order chi connectivity index (χ1) is 4.72. The molecule has 0 amide bonds. The predicted octanol–water partition coefficient (Wildman–Crippen LogP) is 1.54. The highest BCUT2D eigenvalue weighted by molar-refractivity contribution is 4.78. The van der Waals surface area contributed by atoms with Crippen LogP contribution in [0.2, 0.25) is 0 Å². The second-order valence-electron chi connectivity index (χ2n) is 2.64. The van der Waals surface area contributed by atoms with E-state index in [1.807, 2.05) is 13.2 Å². The van der Waals surface area contributed by atoms with E-state index < -0.39 is 0 Å². The lowest BCUT2D eigenvalue weighted by Crippen LogP contribution is -2.23. The van der Waals surface area contributed by atoms with E-state index in [1.54, 1.807) is 6.20 Å². The minimum atomic E-state index is 0.602. The van der Waals surface area contributed by atoms with Crippen molar-refractivity contribution in [3.8, 4) is 0 Å². The summed E-state index contributed by atoms with van der Waals surface area (Å²) in [6.07, 6.45) is 5.93. The number of nitrogens with two attached hydrogens (primary N) is 1. The van der Waals surface area contributed by atoms with Crippen molar-refractivity contribution < 1.29 is 0 Å². The molecular weight excluding hydrogens is 124 g/mol. The number of nitrogens with zero attached hydrogens (tertiary/aromatic N) is 1. The Morgan fingerprint density at radius 3 is 2.60 bits per heavy atom. The molecule has 0 aliphatic heterocycles. The van der Waals surface area contributed by atoms with E-state index in [0.29, 0.717) is 6.04 Å². The maximum Gasteiger partial charge on any atom is 0.0253 e. The van der Waals surface area contributed by atoms with Gasteiger partial charge in [-0.1, -0.05) is 13.3 Å². The molecule has 0 aromatic rings. The largest absolute Gasteiger partial charge is 0.403 e. The topological polar surface area (TPSA) is 29.3 Å². The van der Waals surface area contributed by atoms with E-state index in [-0.39, 0.29) is 0 Å². The van der Waals surface area contributed by atoms with Gasteiger partial charge in [0.25, 0.3) is 0 Å². The van der Waals surface area contributed by atoms with Gasteiger partial charge in [-0.25, -0.2) is 0 Å². The molecule has 0 saturated carbocycles. The molecule has 10 heavy (non-hydrogen) atoms. The fourth-order valence-electron chi connectivity index (χ4n) is 0.904. The van der Waals surface area contributed by atoms with Crippen molar-refractivity contribution >= 4 is 0 Å². The minimum Gasteiger partial charge on any atom is -0.403 e. The summed E-state index contributed by atoms with van der Waals surface area (Å²) in [4.78, 5) is 2.13. The summed E-state index contributed by atoms with van der Waals surface area (Å²) < 4.78 is 0. The van der Waals surface area contributed by atoms with Crippen LogP contribution in [0, 0.1) is 0 Å². The molecule has 0 spiro atoms. The Morgan fingerprint density at radius 2 is 2.20 bits per heavy atom. The van der Waals surface area contributed by atoms with Crippen molar-refractivity contribution in [1.82, 2.24) is 4.90 Å². The van der Waals surface area contributed by atoms with Gasteiger partial charge in [0.2, 0.25) is 0 Å². The van der Waals surface area contributed by atoms with Crippen LogP contribution in [0.4, 0.5) is 0 Å². The zero-order valence-electron chi connectivity index (χ0n) is 7.17. The molecule has 2 heteroatoms. The number of rotatable bonds is 4. The predicted molar refractivity (Wildman–Crippen MR) is 45.5 cm³/mol. The summed E-state index contributed by atoms with van der Waals surface area (Å²) >= 11 is 0. The van der Waals surface area contributed by atoms with Crippen molar-refractivity contribution in [2.75, 3.05) is 7.05 Å². The van der Waals surface area contributed by atoms with Crippen LogP contribution in [0.15, 0.2) is 12.4 Å². The van der Waals surface area contributed by atoms with Crippen LogP contribution in [0.1, 0.15) is 26.7 Å². The standard InChI is InChI=1S/C8H18N2/c1-4-5-8(2)10(3)7-6-9/h6-8H,4-5,9H2,1-3H3/b7-6-. The van der Waals surface area contributed by atoms with Crippen LogP contribution in [0.3, 0.4) is 0 Å². The van der Waals surface area contributed by atoms with Crippen LogP contribution >= 0.6 is 0 Å². The number of hydrogen-bond donors (Lipinski definition) is 1. The zero-order valence-corrected chi connectivity index (χ0v) is 7.17. The van der Waals surface area contributed by atoms with E-state index in [2.05, 4.69) is 18.7 Å². The molecule has 0 rings (SSSR count). The first-order valence-electron chi connectivity index (χ1n) is 3.82. The van der Waals surface area contributed by atoms with Gasteiger partial charge >= 0.3 is 0 Å². The lowest BCUT2D eigenvalue weighted by atomic mass is 10.2. The highest BCUT2D eigenvalue weighted by atomic mass is 15.1. The Hall–Kier alpha value is -0.660. The molecule has 0 heterocycles. The van der Waals surface area contributed by atoms with E-state index in [0.717, 1.165) is 0 Å². The molecule has 0 aromatic carbocycles. The Kier molecular flexibility index (Phi) is 4.81. The molecule has 60 valence electrons. The molecule has 0 radical (unpaired) electrons. The van der Waals surface area contributed by atoms with Crippen molar-refractivity contribution in [2.24, 2.45) is 5.73 Å². The highest BCUT2D eigenvalue weighted by Gasteiger charge is 2.01. The van der Waals surface area contributed by atoms with E-state index in [4.69, 9.17) is 5.73 Å². The van der Waals surface area contributed by atoms with Crippen molar-refractivity contribution in [2.45, 2.75) is 32.7 Å². The van der Waals surface area contributed by atoms with Gasteiger partial charge in [-0.15, -0.1) is 0 Å². The van der Waals surface area contributed by atoms with Crippen molar-refractivity contribution in [1.29, 1.82) is 0 Å². The van der Waals surface area contributed by atoms with Crippen LogP contribution < -0.4 is 5.73 Å². The second kappa shape index (κ2) is 5.15. The van der Waals surface area contributed by atoms with Crippen LogP contribution in [0.25, 0.3) is 0 Å². The first kappa shape index (κ1) is 9.34. The molecule has 0 fully saturated rings. The van der Waals surface area contributed by atoms with Gasteiger partial charge in [-0.2, -0.15) is 0 Å². The van der Waals surface area contributed by atoms with Gasteiger partial charge in [0, 0.05) is 25.5 Å². The van der Waals surface area contributed by atoms with Crippen LogP contribution in [-0.4, -0.2) is 18.0 Å². The van der Waals surface area contributed by atoms with Gasteiger partial charge in [-0.3, -0.25) is 0 Å².